The van der Waals surface area contributed by atoms with Crippen LogP contribution in [-0.4, -0.2) is 77.8 Å². The van der Waals surface area contributed by atoms with Crippen molar-refractivity contribution in [2.45, 2.75) is 57.0 Å². The fourth-order valence-electron chi connectivity index (χ4n) is 5.83. The van der Waals surface area contributed by atoms with Crippen molar-refractivity contribution in [2.75, 3.05) is 26.2 Å². The van der Waals surface area contributed by atoms with Gasteiger partial charge in [-0.1, -0.05) is 0 Å². The summed E-state index contributed by atoms with van der Waals surface area (Å²) >= 11 is 0. The Labute approximate surface area is 229 Å². The van der Waals surface area contributed by atoms with E-state index in [-0.39, 0.29) is 12.0 Å². The number of ether oxygens (including phenoxy) is 1. The standard InChI is InChI=1S/C28H30F3N8O/c29-28(30,31)24-10-18(15-37-6-1-7-37)11-25(36-24)40-22-3-8-38(9-4-22)20-12-21(13-20)39-16-19(14-35-39)26-23-2-5-32-27(23)34-17-33-26/h2,5,10-11,14,16-17,20,22H,1,3-4,6-9,12-13,15H2,(H,32,33,34). The van der Waals surface area contributed by atoms with Gasteiger partial charge in [-0.15, -0.1) is 0 Å². The predicted octanol–water partition coefficient (Wildman–Crippen LogP) is 4.53. The molecule has 12 heteroatoms. The molecule has 1 aliphatic carbocycles. The molecule has 7 rings (SSSR count). The predicted molar refractivity (Wildman–Crippen MR) is 141 cm³/mol. The van der Waals surface area contributed by atoms with E-state index in [1.807, 2.05) is 29.3 Å². The summed E-state index contributed by atoms with van der Waals surface area (Å²) in [6, 6.07) is 6.49. The van der Waals surface area contributed by atoms with E-state index in [1.165, 1.54) is 6.04 Å². The normalized spacial score (nSPS) is 20.1. The highest BCUT2D eigenvalue weighted by atomic mass is 19.4. The van der Waals surface area contributed by atoms with Crippen molar-refractivity contribution in [2.24, 2.45) is 0 Å². The fourth-order valence-corrected chi connectivity index (χ4v) is 5.83. The summed E-state index contributed by atoms with van der Waals surface area (Å²) in [6.45, 7) is 4.02. The Morgan fingerprint density at radius 1 is 1.05 bits per heavy atom. The molecule has 6 heterocycles. The Hall–Kier alpha value is -3.51. The molecule has 2 saturated heterocycles. The Bertz CT molecular complexity index is 1480. The molecule has 209 valence electrons. The molecule has 3 aliphatic rings. The number of rotatable bonds is 7. The average Bonchev–Trinajstić information content (AvgIpc) is 3.56. The number of aromatic amines is 1. The Kier molecular flexibility index (Phi) is 6.46. The van der Waals surface area contributed by atoms with Gasteiger partial charge in [-0.05, 0) is 62.9 Å². The van der Waals surface area contributed by atoms with Gasteiger partial charge in [0, 0.05) is 55.1 Å². The van der Waals surface area contributed by atoms with Crippen molar-refractivity contribution in [3.05, 3.63) is 60.4 Å². The van der Waals surface area contributed by atoms with Crippen molar-refractivity contribution in [3.8, 4) is 17.1 Å². The third-order valence-electron chi connectivity index (χ3n) is 8.26. The van der Waals surface area contributed by atoms with Gasteiger partial charge < -0.3 is 9.72 Å². The highest BCUT2D eigenvalue weighted by Crippen LogP contribution is 2.37. The van der Waals surface area contributed by atoms with Crippen molar-refractivity contribution < 1.29 is 17.9 Å². The molecule has 0 bridgehead atoms. The third-order valence-corrected chi connectivity index (χ3v) is 8.26. The lowest BCUT2D eigenvalue weighted by Crippen LogP contribution is -2.50. The lowest BCUT2D eigenvalue weighted by molar-refractivity contribution is -0.141. The molecule has 0 spiro atoms. The molecule has 4 aromatic heterocycles. The molecule has 0 aromatic carbocycles. The summed E-state index contributed by atoms with van der Waals surface area (Å²) in [6.07, 6.45) is 7.12. The van der Waals surface area contributed by atoms with Gasteiger partial charge in [0.15, 0.2) is 0 Å². The summed E-state index contributed by atoms with van der Waals surface area (Å²) in [5.41, 5.74) is 2.34. The van der Waals surface area contributed by atoms with Gasteiger partial charge in [0.05, 0.1) is 17.9 Å². The molecule has 0 amide bonds. The van der Waals surface area contributed by atoms with Crippen LogP contribution in [-0.2, 0) is 12.7 Å². The van der Waals surface area contributed by atoms with Crippen LogP contribution in [0.2, 0.25) is 0 Å². The van der Waals surface area contributed by atoms with Crippen molar-refractivity contribution in [3.63, 3.8) is 0 Å². The maximum Gasteiger partial charge on any atom is 0.433 e. The van der Waals surface area contributed by atoms with Gasteiger partial charge in [-0.25, -0.2) is 15.0 Å². The highest BCUT2D eigenvalue weighted by Gasteiger charge is 2.38. The number of alkyl halides is 3. The summed E-state index contributed by atoms with van der Waals surface area (Å²) in [4.78, 5) is 20.2. The zero-order valence-electron chi connectivity index (χ0n) is 21.9. The van der Waals surface area contributed by atoms with Crippen molar-refractivity contribution in [1.29, 1.82) is 0 Å². The summed E-state index contributed by atoms with van der Waals surface area (Å²) in [5.74, 6) is 0.0816. The number of nitrogens with zero attached hydrogens (tertiary/aromatic N) is 7. The molecular weight excluding hydrogens is 521 g/mol. The van der Waals surface area contributed by atoms with Crippen LogP contribution >= 0.6 is 0 Å². The summed E-state index contributed by atoms with van der Waals surface area (Å²) < 4.78 is 48.4. The van der Waals surface area contributed by atoms with Crippen LogP contribution < -0.4 is 4.74 Å². The maximum absolute atomic E-state index is 13.5. The molecular formula is C28H30F3N8O. The van der Waals surface area contributed by atoms with Gasteiger partial charge in [-0.3, -0.25) is 14.5 Å². The number of nitrogens with one attached hydrogen (secondary N) is 1. The first-order chi connectivity index (χ1) is 19.4. The second-order valence-electron chi connectivity index (χ2n) is 10.9. The lowest BCUT2D eigenvalue weighted by atomic mass is 9.84. The quantitative estimate of drug-likeness (QED) is 0.361. The Balaban J connectivity index is 0.934. The van der Waals surface area contributed by atoms with Crippen LogP contribution in [0.4, 0.5) is 13.2 Å². The van der Waals surface area contributed by atoms with Crippen LogP contribution in [0.25, 0.3) is 22.3 Å². The SMILES string of the molecule is FC(F)(F)c1cc(CN2CCC2)cc(OC2CCN(C3C[C](n4cc(-c5ncnc6[nH]ccc56)cn4)C3)CC2)n1. The van der Waals surface area contributed by atoms with Crippen molar-refractivity contribution >= 4 is 11.0 Å². The average molecular weight is 552 g/mol. The molecule has 1 radical (unpaired) electrons. The number of pyridine rings is 1. The third kappa shape index (κ3) is 5.05. The topological polar surface area (TPSA) is 88.0 Å². The smallest absolute Gasteiger partial charge is 0.433 e. The second-order valence-corrected chi connectivity index (χ2v) is 10.9. The van der Waals surface area contributed by atoms with E-state index in [1.54, 1.807) is 12.4 Å². The van der Waals surface area contributed by atoms with Crippen molar-refractivity contribution in [1.82, 2.24) is 39.5 Å². The summed E-state index contributed by atoms with van der Waals surface area (Å²) in [5, 5.41) is 5.55. The lowest BCUT2D eigenvalue weighted by Gasteiger charge is -2.45. The first-order valence-corrected chi connectivity index (χ1v) is 13.8. The number of fused-ring (bicyclic) bond motifs is 1. The maximum atomic E-state index is 13.5. The monoisotopic (exact) mass is 551 g/mol. The number of hydrogen-bond donors (Lipinski definition) is 1. The first-order valence-electron chi connectivity index (χ1n) is 13.8. The largest absolute Gasteiger partial charge is 0.474 e. The minimum atomic E-state index is -4.50. The van der Waals surface area contributed by atoms with Crippen LogP contribution in [0.3, 0.4) is 0 Å². The van der Waals surface area contributed by atoms with Gasteiger partial charge in [0.25, 0.3) is 0 Å². The number of halogens is 3. The molecule has 9 nitrogen and oxygen atoms in total. The van der Waals surface area contributed by atoms with E-state index >= 15 is 0 Å². The van der Waals surface area contributed by atoms with Gasteiger partial charge >= 0.3 is 6.18 Å². The molecule has 4 aromatic rings. The van der Waals surface area contributed by atoms with Crippen LogP contribution in [0, 0.1) is 6.04 Å². The molecule has 0 atom stereocenters. The first kappa shape index (κ1) is 25.5. The van der Waals surface area contributed by atoms with E-state index in [2.05, 4.69) is 34.8 Å². The minimum Gasteiger partial charge on any atom is -0.474 e. The minimum absolute atomic E-state index is 0.0816. The molecule has 1 saturated carbocycles. The Morgan fingerprint density at radius 3 is 2.62 bits per heavy atom. The molecule has 0 unspecified atom stereocenters. The fraction of sp³-hybridized carbons (Fsp3) is 0.464. The van der Waals surface area contributed by atoms with E-state index in [0.717, 1.165) is 86.6 Å². The Morgan fingerprint density at radius 2 is 1.88 bits per heavy atom. The molecule has 2 aliphatic heterocycles. The van der Waals surface area contributed by atoms with E-state index in [4.69, 9.17) is 4.74 Å². The second kappa shape index (κ2) is 10.2. The van der Waals surface area contributed by atoms with Crippen LogP contribution in [0.1, 0.15) is 43.4 Å². The zero-order valence-corrected chi connectivity index (χ0v) is 21.9. The molecule has 40 heavy (non-hydrogen) atoms. The number of likely N-dealkylation sites (tertiary alicyclic amines) is 2. The number of piperidine rings is 1. The number of H-pyrrole nitrogens is 1. The number of aromatic nitrogens is 6. The van der Waals surface area contributed by atoms with E-state index < -0.39 is 11.9 Å². The summed E-state index contributed by atoms with van der Waals surface area (Å²) in [7, 11) is 0. The zero-order chi connectivity index (χ0) is 27.3. The van der Waals surface area contributed by atoms with Crippen LogP contribution in [0.15, 0.2) is 43.1 Å². The van der Waals surface area contributed by atoms with E-state index in [0.29, 0.717) is 18.2 Å². The van der Waals surface area contributed by atoms with Gasteiger partial charge in [0.1, 0.15) is 23.8 Å². The van der Waals surface area contributed by atoms with Gasteiger partial charge in [-0.2, -0.15) is 18.3 Å². The molecule has 1 N–H and O–H groups in total. The molecule has 3 fully saturated rings. The van der Waals surface area contributed by atoms with Gasteiger partial charge in [0.2, 0.25) is 5.88 Å². The highest BCUT2D eigenvalue weighted by molar-refractivity contribution is 5.90. The van der Waals surface area contributed by atoms with E-state index in [9.17, 15) is 13.2 Å². The number of hydrogen-bond acceptors (Lipinski definition) is 7. The van der Waals surface area contributed by atoms with Crippen LogP contribution in [0.5, 0.6) is 5.88 Å².